The molecule has 0 amide bonds. The molecule has 5 heteroatoms. The molecular weight excluding hydrogens is 276 g/mol. The Hall–Kier alpha value is -0.970. The largest absolute Gasteiger partial charge is 0.489 e. The standard InChI is InChI=1S/C15H21ClN2O2/c16-13-3-2-12(4-7-18-8-5-17-6-9-18)14-15(13)20-11-1-10-19-14/h2-3,17H,1,4-11H2. The summed E-state index contributed by atoms with van der Waals surface area (Å²) in [6, 6.07) is 3.99. The highest BCUT2D eigenvalue weighted by molar-refractivity contribution is 6.32. The molecule has 1 aromatic carbocycles. The van der Waals surface area contributed by atoms with Gasteiger partial charge in [-0.15, -0.1) is 0 Å². The van der Waals surface area contributed by atoms with Crippen molar-refractivity contribution in [2.75, 3.05) is 45.9 Å². The van der Waals surface area contributed by atoms with Gasteiger partial charge in [-0.3, -0.25) is 0 Å². The SMILES string of the molecule is Clc1ccc(CCN2CCNCC2)c2c1OCCCO2. The summed E-state index contributed by atoms with van der Waals surface area (Å²) in [5.74, 6) is 1.58. The van der Waals surface area contributed by atoms with Gasteiger partial charge in [0.05, 0.1) is 18.2 Å². The summed E-state index contributed by atoms with van der Waals surface area (Å²) in [6.45, 7) is 6.83. The zero-order valence-electron chi connectivity index (χ0n) is 11.7. The quantitative estimate of drug-likeness (QED) is 0.924. The predicted octanol–water partition coefficient (Wildman–Crippen LogP) is 1.95. The van der Waals surface area contributed by atoms with E-state index in [1.165, 1.54) is 5.56 Å². The third-order valence-electron chi connectivity index (χ3n) is 3.83. The average Bonchev–Trinajstić information content (AvgIpc) is 2.74. The first-order chi connectivity index (χ1) is 9.84. The van der Waals surface area contributed by atoms with E-state index in [1.807, 2.05) is 6.07 Å². The number of hydrogen-bond donors (Lipinski definition) is 1. The maximum absolute atomic E-state index is 6.21. The van der Waals surface area contributed by atoms with Gasteiger partial charge in [0, 0.05) is 39.1 Å². The molecule has 4 nitrogen and oxygen atoms in total. The van der Waals surface area contributed by atoms with Gasteiger partial charge in [-0.1, -0.05) is 17.7 Å². The summed E-state index contributed by atoms with van der Waals surface area (Å²) >= 11 is 6.21. The summed E-state index contributed by atoms with van der Waals surface area (Å²) in [5, 5.41) is 4.02. The molecule has 2 heterocycles. The molecule has 0 atom stereocenters. The van der Waals surface area contributed by atoms with E-state index in [0.29, 0.717) is 18.2 Å². The number of fused-ring (bicyclic) bond motifs is 1. The van der Waals surface area contributed by atoms with Crippen LogP contribution in [0.5, 0.6) is 11.5 Å². The van der Waals surface area contributed by atoms with Gasteiger partial charge >= 0.3 is 0 Å². The topological polar surface area (TPSA) is 33.7 Å². The lowest BCUT2D eigenvalue weighted by Gasteiger charge is -2.27. The molecule has 0 saturated carbocycles. The first kappa shape index (κ1) is 14.0. The van der Waals surface area contributed by atoms with Gasteiger partial charge in [-0.2, -0.15) is 0 Å². The van der Waals surface area contributed by atoms with Crippen molar-refractivity contribution in [1.29, 1.82) is 0 Å². The highest BCUT2D eigenvalue weighted by Crippen LogP contribution is 2.39. The molecule has 0 radical (unpaired) electrons. The minimum atomic E-state index is 0.646. The third-order valence-corrected chi connectivity index (χ3v) is 4.13. The van der Waals surface area contributed by atoms with Crippen molar-refractivity contribution < 1.29 is 9.47 Å². The molecule has 3 rings (SSSR count). The Morgan fingerprint density at radius 2 is 1.85 bits per heavy atom. The normalized spacial score (nSPS) is 19.6. The Bertz CT molecular complexity index is 461. The van der Waals surface area contributed by atoms with Gasteiger partial charge in [0.1, 0.15) is 0 Å². The van der Waals surface area contributed by atoms with Crippen LogP contribution in [-0.2, 0) is 6.42 Å². The summed E-state index contributed by atoms with van der Waals surface area (Å²) in [4.78, 5) is 2.48. The second-order valence-electron chi connectivity index (χ2n) is 5.26. The number of halogens is 1. The maximum atomic E-state index is 6.21. The van der Waals surface area contributed by atoms with Crippen molar-refractivity contribution in [3.05, 3.63) is 22.7 Å². The molecular formula is C15H21ClN2O2. The highest BCUT2D eigenvalue weighted by atomic mass is 35.5. The van der Waals surface area contributed by atoms with E-state index in [-0.39, 0.29) is 0 Å². The molecule has 110 valence electrons. The van der Waals surface area contributed by atoms with E-state index in [2.05, 4.69) is 16.3 Å². The number of benzene rings is 1. The Morgan fingerprint density at radius 3 is 2.65 bits per heavy atom. The molecule has 0 aromatic heterocycles. The summed E-state index contributed by atoms with van der Waals surface area (Å²) in [6.07, 6.45) is 1.88. The summed E-state index contributed by atoms with van der Waals surface area (Å²) < 4.78 is 11.6. The average molecular weight is 297 g/mol. The van der Waals surface area contributed by atoms with Crippen LogP contribution < -0.4 is 14.8 Å². The maximum Gasteiger partial charge on any atom is 0.180 e. The van der Waals surface area contributed by atoms with Crippen LogP contribution in [0.15, 0.2) is 12.1 Å². The van der Waals surface area contributed by atoms with E-state index in [4.69, 9.17) is 21.1 Å². The number of piperazine rings is 1. The summed E-state index contributed by atoms with van der Waals surface area (Å²) in [7, 11) is 0. The summed E-state index contributed by atoms with van der Waals surface area (Å²) in [5.41, 5.74) is 1.20. The van der Waals surface area contributed by atoms with E-state index in [1.54, 1.807) is 0 Å². The number of rotatable bonds is 3. The van der Waals surface area contributed by atoms with Crippen molar-refractivity contribution in [1.82, 2.24) is 10.2 Å². The van der Waals surface area contributed by atoms with Crippen LogP contribution in [-0.4, -0.2) is 50.8 Å². The van der Waals surface area contributed by atoms with Crippen LogP contribution in [0.2, 0.25) is 5.02 Å². The molecule has 20 heavy (non-hydrogen) atoms. The molecule has 1 N–H and O–H groups in total. The second-order valence-corrected chi connectivity index (χ2v) is 5.66. The number of nitrogens with one attached hydrogen (secondary N) is 1. The van der Waals surface area contributed by atoms with Crippen LogP contribution in [0.25, 0.3) is 0 Å². The Kier molecular flexibility index (Phi) is 4.65. The van der Waals surface area contributed by atoms with Crippen LogP contribution in [0.1, 0.15) is 12.0 Å². The third kappa shape index (κ3) is 3.19. The zero-order chi connectivity index (χ0) is 13.8. The monoisotopic (exact) mass is 296 g/mol. The van der Waals surface area contributed by atoms with E-state index >= 15 is 0 Å². The Morgan fingerprint density at radius 1 is 1.10 bits per heavy atom. The molecule has 1 fully saturated rings. The molecule has 0 bridgehead atoms. The molecule has 0 unspecified atom stereocenters. The van der Waals surface area contributed by atoms with Crippen molar-refractivity contribution in [3.63, 3.8) is 0 Å². The molecule has 0 aliphatic carbocycles. The minimum Gasteiger partial charge on any atom is -0.489 e. The second kappa shape index (κ2) is 6.66. The molecule has 0 spiro atoms. The van der Waals surface area contributed by atoms with Gasteiger partial charge in [0.15, 0.2) is 11.5 Å². The van der Waals surface area contributed by atoms with Gasteiger partial charge in [0.25, 0.3) is 0 Å². The Balaban J connectivity index is 1.72. The lowest BCUT2D eigenvalue weighted by molar-refractivity contribution is 0.242. The first-order valence-electron chi connectivity index (χ1n) is 7.34. The zero-order valence-corrected chi connectivity index (χ0v) is 12.4. The van der Waals surface area contributed by atoms with Crippen molar-refractivity contribution in [2.45, 2.75) is 12.8 Å². The molecule has 2 aliphatic heterocycles. The van der Waals surface area contributed by atoms with Gasteiger partial charge in [0.2, 0.25) is 0 Å². The van der Waals surface area contributed by atoms with Crippen molar-refractivity contribution >= 4 is 11.6 Å². The van der Waals surface area contributed by atoms with Crippen LogP contribution in [0, 0.1) is 0 Å². The molecule has 2 aliphatic rings. The fourth-order valence-corrected chi connectivity index (χ4v) is 2.89. The minimum absolute atomic E-state index is 0.646. The lowest BCUT2D eigenvalue weighted by atomic mass is 10.1. The number of hydrogen-bond acceptors (Lipinski definition) is 4. The van der Waals surface area contributed by atoms with Gasteiger partial charge < -0.3 is 19.7 Å². The fraction of sp³-hybridized carbons (Fsp3) is 0.600. The van der Waals surface area contributed by atoms with Crippen molar-refractivity contribution in [2.24, 2.45) is 0 Å². The Labute approximate surface area is 125 Å². The van der Waals surface area contributed by atoms with Crippen LogP contribution in [0.4, 0.5) is 0 Å². The lowest BCUT2D eigenvalue weighted by Crippen LogP contribution is -2.44. The number of ether oxygens (including phenoxy) is 2. The first-order valence-corrected chi connectivity index (χ1v) is 7.72. The predicted molar refractivity (Wildman–Crippen MR) is 80.1 cm³/mol. The van der Waals surface area contributed by atoms with Crippen molar-refractivity contribution in [3.8, 4) is 11.5 Å². The molecule has 1 saturated heterocycles. The van der Waals surface area contributed by atoms with Gasteiger partial charge in [-0.25, -0.2) is 0 Å². The van der Waals surface area contributed by atoms with Gasteiger partial charge in [-0.05, 0) is 18.1 Å². The smallest absolute Gasteiger partial charge is 0.180 e. The van der Waals surface area contributed by atoms with E-state index < -0.39 is 0 Å². The van der Waals surface area contributed by atoms with Crippen LogP contribution >= 0.6 is 11.6 Å². The van der Waals surface area contributed by atoms with Crippen LogP contribution in [0.3, 0.4) is 0 Å². The highest BCUT2D eigenvalue weighted by Gasteiger charge is 2.19. The fourth-order valence-electron chi connectivity index (χ4n) is 2.69. The van der Waals surface area contributed by atoms with E-state index in [0.717, 1.165) is 57.1 Å². The molecule has 1 aromatic rings. The number of nitrogens with zero attached hydrogens (tertiary/aromatic N) is 1. The van der Waals surface area contributed by atoms with E-state index in [9.17, 15) is 0 Å².